The van der Waals surface area contributed by atoms with Crippen LogP contribution in [-0.4, -0.2) is 15.0 Å². The Kier molecular flexibility index (Phi) is 5.42. The largest absolute Gasteiger partial charge is 0.455 e. The van der Waals surface area contributed by atoms with Crippen molar-refractivity contribution in [2.75, 3.05) is 0 Å². The first-order valence-electron chi connectivity index (χ1n) is 13.6. The molecule has 0 unspecified atom stereocenters. The maximum Gasteiger partial charge on any atom is 0.167 e. The summed E-state index contributed by atoms with van der Waals surface area (Å²) >= 11 is 0. The van der Waals surface area contributed by atoms with Crippen LogP contribution in [0.15, 0.2) is 140 Å². The van der Waals surface area contributed by atoms with Crippen LogP contribution >= 0.6 is 0 Å². The van der Waals surface area contributed by atoms with Crippen LogP contribution in [0.2, 0.25) is 0 Å². The lowest BCUT2D eigenvalue weighted by atomic mass is 9.89. The maximum atomic E-state index is 6.85. The molecule has 0 saturated heterocycles. The maximum absolute atomic E-state index is 6.85. The Hall–Kier alpha value is -5.61. The molecule has 0 saturated carbocycles. The monoisotopic (exact) mass is 525 g/mol. The Morgan fingerprint density at radius 1 is 0.366 bits per heavy atom. The fraction of sp³-hybridized carbons (Fsp3) is 0. The van der Waals surface area contributed by atoms with Gasteiger partial charge in [-0.25, -0.2) is 15.0 Å². The van der Waals surface area contributed by atoms with Crippen LogP contribution in [0.4, 0.5) is 0 Å². The minimum absolute atomic E-state index is 0.563. The van der Waals surface area contributed by atoms with E-state index in [-0.39, 0.29) is 0 Å². The molecular weight excluding hydrogens is 502 g/mol. The molecule has 1 aliphatic rings. The van der Waals surface area contributed by atoms with Crippen molar-refractivity contribution < 1.29 is 4.74 Å². The molecule has 0 radical (unpaired) electrons. The minimum atomic E-state index is 0.563. The van der Waals surface area contributed by atoms with E-state index in [0.29, 0.717) is 17.5 Å². The SMILES string of the molecule is c1ccc(-c2nc(-c3ccccc3)nc(-c3cccc4c3Oc3ccccc3-c3cccc5cccc-4c35)n2)cc1. The summed E-state index contributed by atoms with van der Waals surface area (Å²) in [4.78, 5) is 14.9. The second-order valence-corrected chi connectivity index (χ2v) is 10.0. The van der Waals surface area contributed by atoms with Gasteiger partial charge in [0.05, 0.1) is 5.56 Å². The summed E-state index contributed by atoms with van der Waals surface area (Å²) in [5.41, 5.74) is 6.99. The molecule has 0 N–H and O–H groups in total. The predicted molar refractivity (Wildman–Crippen MR) is 165 cm³/mol. The van der Waals surface area contributed by atoms with Crippen LogP contribution in [0.25, 0.3) is 67.2 Å². The summed E-state index contributed by atoms with van der Waals surface area (Å²) in [7, 11) is 0. The molecule has 0 fully saturated rings. The molecule has 192 valence electrons. The van der Waals surface area contributed by atoms with E-state index in [2.05, 4.69) is 60.7 Å². The summed E-state index contributed by atoms with van der Waals surface area (Å²) in [6, 6.07) is 47.4. The molecule has 1 aliphatic heterocycles. The van der Waals surface area contributed by atoms with Crippen molar-refractivity contribution in [1.82, 2.24) is 15.0 Å². The number of fused-ring (bicyclic) bond motifs is 4. The van der Waals surface area contributed by atoms with Gasteiger partial charge < -0.3 is 4.74 Å². The number of benzene rings is 6. The first-order valence-corrected chi connectivity index (χ1v) is 13.6. The quantitative estimate of drug-likeness (QED) is 0.230. The Morgan fingerprint density at radius 2 is 0.854 bits per heavy atom. The number of hydrogen-bond donors (Lipinski definition) is 0. The molecule has 4 heteroatoms. The summed E-state index contributed by atoms with van der Waals surface area (Å²) in [5, 5.41) is 2.39. The lowest BCUT2D eigenvalue weighted by Crippen LogP contribution is -2.03. The Morgan fingerprint density at radius 3 is 1.54 bits per heavy atom. The van der Waals surface area contributed by atoms with Gasteiger partial charge in [0.15, 0.2) is 17.5 Å². The van der Waals surface area contributed by atoms with Gasteiger partial charge >= 0.3 is 0 Å². The molecule has 2 heterocycles. The van der Waals surface area contributed by atoms with E-state index in [4.69, 9.17) is 19.7 Å². The smallest absolute Gasteiger partial charge is 0.167 e. The van der Waals surface area contributed by atoms with Crippen molar-refractivity contribution in [2.24, 2.45) is 0 Å². The number of para-hydroxylation sites is 2. The summed E-state index contributed by atoms with van der Waals surface area (Å²) < 4.78 is 6.85. The zero-order chi connectivity index (χ0) is 27.2. The fourth-order valence-electron chi connectivity index (χ4n) is 5.64. The third kappa shape index (κ3) is 3.97. The summed E-state index contributed by atoms with van der Waals surface area (Å²) in [5.74, 6) is 3.32. The van der Waals surface area contributed by atoms with Crippen molar-refractivity contribution in [1.29, 1.82) is 0 Å². The first-order chi connectivity index (χ1) is 20.3. The lowest BCUT2D eigenvalue weighted by molar-refractivity contribution is 0.487. The van der Waals surface area contributed by atoms with Gasteiger partial charge in [-0.05, 0) is 34.0 Å². The number of hydrogen-bond acceptors (Lipinski definition) is 4. The number of rotatable bonds is 3. The molecule has 0 bridgehead atoms. The number of nitrogens with zero attached hydrogens (tertiary/aromatic N) is 3. The predicted octanol–water partition coefficient (Wildman–Crippen LogP) is 9.47. The molecule has 0 aliphatic carbocycles. The fourth-order valence-corrected chi connectivity index (χ4v) is 5.64. The second kappa shape index (κ2) is 9.54. The lowest BCUT2D eigenvalue weighted by Gasteiger charge is -2.23. The molecule has 0 spiro atoms. The summed E-state index contributed by atoms with van der Waals surface area (Å²) in [6.07, 6.45) is 0. The molecule has 8 rings (SSSR count). The molecule has 7 aromatic rings. The van der Waals surface area contributed by atoms with Gasteiger partial charge in [0.25, 0.3) is 0 Å². The topological polar surface area (TPSA) is 47.9 Å². The third-order valence-corrected chi connectivity index (χ3v) is 7.54. The Balaban J connectivity index is 1.43. The van der Waals surface area contributed by atoms with Crippen LogP contribution in [0.1, 0.15) is 0 Å². The van der Waals surface area contributed by atoms with E-state index in [9.17, 15) is 0 Å². The molecule has 6 aromatic carbocycles. The summed E-state index contributed by atoms with van der Waals surface area (Å²) in [6.45, 7) is 0. The normalized spacial score (nSPS) is 11.6. The highest BCUT2D eigenvalue weighted by Gasteiger charge is 2.24. The van der Waals surface area contributed by atoms with Crippen LogP contribution in [0.3, 0.4) is 0 Å². The second-order valence-electron chi connectivity index (χ2n) is 10.0. The molecule has 1 aromatic heterocycles. The van der Waals surface area contributed by atoms with Gasteiger partial charge in [-0.2, -0.15) is 0 Å². The van der Waals surface area contributed by atoms with E-state index >= 15 is 0 Å². The average molecular weight is 526 g/mol. The highest BCUT2D eigenvalue weighted by molar-refractivity contribution is 6.09. The van der Waals surface area contributed by atoms with Crippen molar-refractivity contribution in [3.05, 3.63) is 140 Å². The minimum Gasteiger partial charge on any atom is -0.455 e. The van der Waals surface area contributed by atoms with Crippen LogP contribution in [-0.2, 0) is 0 Å². The zero-order valence-electron chi connectivity index (χ0n) is 22.0. The van der Waals surface area contributed by atoms with E-state index in [1.54, 1.807) is 0 Å². The zero-order valence-corrected chi connectivity index (χ0v) is 22.0. The van der Waals surface area contributed by atoms with Crippen LogP contribution in [0, 0.1) is 0 Å². The van der Waals surface area contributed by atoms with Crippen LogP contribution < -0.4 is 4.74 Å². The van der Waals surface area contributed by atoms with E-state index in [0.717, 1.165) is 50.4 Å². The number of ether oxygens (including phenoxy) is 1. The molecular formula is C37H23N3O. The highest BCUT2D eigenvalue weighted by Crippen LogP contribution is 2.49. The van der Waals surface area contributed by atoms with Gasteiger partial charge in [0, 0.05) is 22.3 Å². The average Bonchev–Trinajstić information content (AvgIpc) is 3.04. The van der Waals surface area contributed by atoms with Crippen LogP contribution in [0.5, 0.6) is 11.5 Å². The molecule has 4 nitrogen and oxygen atoms in total. The van der Waals surface area contributed by atoms with E-state index in [1.165, 1.54) is 10.8 Å². The Labute approximate surface area is 237 Å². The molecule has 0 amide bonds. The highest BCUT2D eigenvalue weighted by atomic mass is 16.5. The van der Waals surface area contributed by atoms with Gasteiger partial charge in [-0.15, -0.1) is 0 Å². The van der Waals surface area contributed by atoms with Gasteiger partial charge in [0.1, 0.15) is 11.5 Å². The standard InChI is InChI=1S/C37H23N3O/c1-3-12-25(13-4-1)35-38-36(26-14-5-2-6-15-26)40-37(39-35)31-22-11-21-30-29-20-10-17-24-16-9-19-28(33(24)29)27-18-7-8-23-32(27)41-34(30)31/h1-23H. The van der Waals surface area contributed by atoms with Crippen molar-refractivity contribution in [3.63, 3.8) is 0 Å². The van der Waals surface area contributed by atoms with E-state index < -0.39 is 0 Å². The van der Waals surface area contributed by atoms with Crippen molar-refractivity contribution >= 4 is 10.8 Å². The first kappa shape index (κ1) is 23.3. The van der Waals surface area contributed by atoms with Gasteiger partial charge in [-0.1, -0.05) is 127 Å². The van der Waals surface area contributed by atoms with Gasteiger partial charge in [-0.3, -0.25) is 0 Å². The van der Waals surface area contributed by atoms with Gasteiger partial charge in [0.2, 0.25) is 0 Å². The van der Waals surface area contributed by atoms with Crippen molar-refractivity contribution in [3.8, 4) is 67.9 Å². The molecule has 41 heavy (non-hydrogen) atoms. The van der Waals surface area contributed by atoms with Crippen molar-refractivity contribution in [2.45, 2.75) is 0 Å². The Bertz CT molecular complexity index is 2010. The molecule has 0 atom stereocenters. The number of aromatic nitrogens is 3. The third-order valence-electron chi connectivity index (χ3n) is 7.54. The van der Waals surface area contributed by atoms with E-state index in [1.807, 2.05) is 78.9 Å².